The molecular formula is C17H13FN4O2. The molecule has 2 heterocycles. The molecule has 0 bridgehead atoms. The van der Waals surface area contributed by atoms with E-state index in [4.69, 9.17) is 0 Å². The fraction of sp³-hybridized carbons (Fsp3) is 0.176. The van der Waals surface area contributed by atoms with Gasteiger partial charge in [0.2, 0.25) is 0 Å². The van der Waals surface area contributed by atoms with Crippen LogP contribution in [0.1, 0.15) is 5.56 Å². The lowest BCUT2D eigenvalue weighted by atomic mass is 10.1. The van der Waals surface area contributed by atoms with Crippen LogP contribution in [-0.4, -0.2) is 28.9 Å². The summed E-state index contributed by atoms with van der Waals surface area (Å²) in [6, 6.07) is 13.1. The Kier molecular flexibility index (Phi) is 3.34. The average molecular weight is 324 g/mol. The summed E-state index contributed by atoms with van der Waals surface area (Å²) in [5.41, 5.74) is 1.31. The highest BCUT2D eigenvalue weighted by Crippen LogP contribution is 2.32. The lowest BCUT2D eigenvalue weighted by molar-refractivity contribution is -0.123. The normalized spacial score (nSPS) is 22.4. The third-order valence-corrected chi connectivity index (χ3v) is 4.13. The Hall–Kier alpha value is -3.09. The van der Waals surface area contributed by atoms with Crippen LogP contribution in [0.2, 0.25) is 0 Å². The minimum Gasteiger partial charge on any atom is -0.271 e. The van der Waals surface area contributed by atoms with E-state index in [0.29, 0.717) is 5.69 Å². The van der Waals surface area contributed by atoms with E-state index < -0.39 is 12.1 Å². The largest absolute Gasteiger partial charge is 0.271 e. The van der Waals surface area contributed by atoms with Crippen LogP contribution < -0.4 is 4.90 Å². The molecule has 2 aliphatic heterocycles. The zero-order valence-electron chi connectivity index (χ0n) is 12.5. The standard InChI is InChI=1S/C17H13FN4O2/c18-12-8-6-11(7-9-12)10-21-15-14(19-20-21)16(23)22(17(15)24)13-4-2-1-3-5-13/h1-9,14-15H,10H2/t14-,15+/m0/s1. The molecule has 0 unspecified atom stereocenters. The summed E-state index contributed by atoms with van der Waals surface area (Å²) in [5, 5.41) is 9.42. The zero-order valence-corrected chi connectivity index (χ0v) is 12.5. The summed E-state index contributed by atoms with van der Waals surface area (Å²) >= 11 is 0. The van der Waals surface area contributed by atoms with E-state index in [1.807, 2.05) is 6.07 Å². The van der Waals surface area contributed by atoms with E-state index in [1.54, 1.807) is 36.4 Å². The van der Waals surface area contributed by atoms with Gasteiger partial charge >= 0.3 is 0 Å². The highest BCUT2D eigenvalue weighted by molar-refractivity contribution is 6.25. The van der Waals surface area contributed by atoms with Crippen molar-refractivity contribution in [3.8, 4) is 0 Å². The van der Waals surface area contributed by atoms with Crippen molar-refractivity contribution in [2.24, 2.45) is 10.3 Å². The first-order valence-electron chi connectivity index (χ1n) is 7.50. The SMILES string of the molecule is O=C1[C@H]2N=NN(Cc3ccc(F)cc3)[C@H]2C(=O)N1c1ccccc1. The molecule has 6 nitrogen and oxygen atoms in total. The van der Waals surface area contributed by atoms with Crippen molar-refractivity contribution >= 4 is 17.5 Å². The second-order valence-corrected chi connectivity index (χ2v) is 5.67. The van der Waals surface area contributed by atoms with E-state index in [1.165, 1.54) is 17.1 Å². The molecule has 7 heteroatoms. The summed E-state index contributed by atoms with van der Waals surface area (Å²) in [7, 11) is 0. The van der Waals surface area contributed by atoms with E-state index in [9.17, 15) is 14.0 Å². The number of hydrogen-bond acceptors (Lipinski definition) is 5. The molecule has 1 fully saturated rings. The maximum Gasteiger partial charge on any atom is 0.263 e. The number of benzene rings is 2. The summed E-state index contributed by atoms with van der Waals surface area (Å²) in [5.74, 6) is -1.05. The number of fused-ring (bicyclic) bond motifs is 1. The van der Waals surface area contributed by atoms with Gasteiger partial charge in [-0.2, -0.15) is 5.11 Å². The number of hydrogen-bond donors (Lipinski definition) is 0. The van der Waals surface area contributed by atoms with Crippen molar-refractivity contribution in [3.05, 3.63) is 66.0 Å². The van der Waals surface area contributed by atoms with Crippen LogP contribution in [0, 0.1) is 5.82 Å². The topological polar surface area (TPSA) is 65.3 Å². The van der Waals surface area contributed by atoms with Gasteiger partial charge in [-0.15, -0.1) is 0 Å². The maximum atomic E-state index is 13.0. The predicted octanol–water partition coefficient (Wildman–Crippen LogP) is 2.32. The molecule has 0 spiro atoms. The van der Waals surface area contributed by atoms with Gasteiger partial charge in [-0.3, -0.25) is 14.6 Å². The number of nitrogens with zero attached hydrogens (tertiary/aromatic N) is 4. The predicted molar refractivity (Wildman–Crippen MR) is 83.3 cm³/mol. The summed E-state index contributed by atoms with van der Waals surface area (Å²) in [6.45, 7) is 0.284. The number of halogens is 1. The molecule has 1 saturated heterocycles. The Balaban J connectivity index is 1.59. The number of imide groups is 1. The quantitative estimate of drug-likeness (QED) is 0.814. The van der Waals surface area contributed by atoms with Gasteiger partial charge in [0.05, 0.1) is 12.2 Å². The first-order valence-corrected chi connectivity index (χ1v) is 7.50. The van der Waals surface area contributed by atoms with Gasteiger partial charge < -0.3 is 0 Å². The van der Waals surface area contributed by atoms with E-state index >= 15 is 0 Å². The number of para-hydroxylation sites is 1. The summed E-state index contributed by atoms with van der Waals surface area (Å²) in [6.07, 6.45) is 0. The monoisotopic (exact) mass is 324 g/mol. The highest BCUT2D eigenvalue weighted by Gasteiger charge is 2.54. The van der Waals surface area contributed by atoms with Crippen LogP contribution in [0.3, 0.4) is 0 Å². The molecule has 2 atom stereocenters. The van der Waals surface area contributed by atoms with E-state index in [2.05, 4.69) is 10.3 Å². The smallest absolute Gasteiger partial charge is 0.263 e. The van der Waals surface area contributed by atoms with E-state index in [0.717, 1.165) is 10.5 Å². The molecule has 2 aromatic carbocycles. The molecule has 4 rings (SSSR count). The third-order valence-electron chi connectivity index (χ3n) is 4.13. The maximum absolute atomic E-state index is 13.0. The Labute approximate surface area is 137 Å². The number of carbonyl (C=O) groups is 2. The van der Waals surface area contributed by atoms with Crippen molar-refractivity contribution < 1.29 is 14.0 Å². The van der Waals surface area contributed by atoms with Crippen LogP contribution in [0.25, 0.3) is 0 Å². The third kappa shape index (κ3) is 2.25. The molecule has 0 aromatic heterocycles. The fourth-order valence-electron chi connectivity index (χ4n) is 2.96. The number of amides is 2. The molecule has 0 saturated carbocycles. The van der Waals surface area contributed by atoms with Gasteiger partial charge in [0.15, 0.2) is 12.1 Å². The lowest BCUT2D eigenvalue weighted by Gasteiger charge is -2.20. The average Bonchev–Trinajstić information content (AvgIpc) is 3.11. The minimum absolute atomic E-state index is 0.284. The second kappa shape index (κ2) is 5.52. The molecule has 24 heavy (non-hydrogen) atoms. The minimum atomic E-state index is -0.821. The number of carbonyl (C=O) groups excluding carboxylic acids is 2. The van der Waals surface area contributed by atoms with Crippen molar-refractivity contribution in [3.63, 3.8) is 0 Å². The molecular weight excluding hydrogens is 311 g/mol. The lowest BCUT2D eigenvalue weighted by Crippen LogP contribution is -2.39. The van der Waals surface area contributed by atoms with Crippen molar-refractivity contribution in [1.82, 2.24) is 5.01 Å². The Morgan fingerprint density at radius 3 is 2.38 bits per heavy atom. The Morgan fingerprint density at radius 1 is 0.958 bits per heavy atom. The molecule has 2 aromatic rings. The first kappa shape index (κ1) is 14.5. The van der Waals surface area contributed by atoms with Gasteiger partial charge in [-0.25, -0.2) is 9.29 Å². The molecule has 120 valence electrons. The van der Waals surface area contributed by atoms with Crippen LogP contribution in [0.15, 0.2) is 64.9 Å². The second-order valence-electron chi connectivity index (χ2n) is 5.67. The molecule has 0 N–H and O–H groups in total. The first-order chi connectivity index (χ1) is 11.6. The molecule has 0 radical (unpaired) electrons. The van der Waals surface area contributed by atoms with Crippen LogP contribution >= 0.6 is 0 Å². The fourth-order valence-corrected chi connectivity index (χ4v) is 2.96. The summed E-state index contributed by atoms with van der Waals surface area (Å²) in [4.78, 5) is 26.4. The van der Waals surface area contributed by atoms with Crippen molar-refractivity contribution in [2.45, 2.75) is 18.6 Å². The van der Waals surface area contributed by atoms with Crippen LogP contribution in [0.4, 0.5) is 10.1 Å². The molecule has 2 amide bonds. The Bertz CT molecular complexity index is 822. The van der Waals surface area contributed by atoms with Gasteiger partial charge in [-0.05, 0) is 29.8 Å². The number of rotatable bonds is 3. The Morgan fingerprint density at radius 2 is 1.67 bits per heavy atom. The van der Waals surface area contributed by atoms with E-state index in [-0.39, 0.29) is 24.2 Å². The van der Waals surface area contributed by atoms with Crippen molar-refractivity contribution in [1.29, 1.82) is 0 Å². The zero-order chi connectivity index (χ0) is 16.7. The van der Waals surface area contributed by atoms with Crippen molar-refractivity contribution in [2.75, 3.05) is 4.90 Å². The molecule has 0 aliphatic carbocycles. The van der Waals surface area contributed by atoms with Crippen LogP contribution in [-0.2, 0) is 16.1 Å². The van der Waals surface area contributed by atoms with Gasteiger partial charge in [0, 0.05) is 0 Å². The van der Waals surface area contributed by atoms with Gasteiger partial charge in [-0.1, -0.05) is 35.6 Å². The highest BCUT2D eigenvalue weighted by atomic mass is 19.1. The molecule has 2 aliphatic rings. The van der Waals surface area contributed by atoms with Crippen LogP contribution in [0.5, 0.6) is 0 Å². The summed E-state index contributed by atoms with van der Waals surface area (Å²) < 4.78 is 13.0. The number of anilines is 1. The van der Waals surface area contributed by atoms with Gasteiger partial charge in [0.25, 0.3) is 11.8 Å². The van der Waals surface area contributed by atoms with Gasteiger partial charge in [0.1, 0.15) is 5.82 Å².